The van der Waals surface area contributed by atoms with E-state index in [-0.39, 0.29) is 0 Å². The second-order valence-electron chi connectivity index (χ2n) is 5.24. The first kappa shape index (κ1) is 14.1. The van der Waals surface area contributed by atoms with Gasteiger partial charge in [-0.05, 0) is 36.8 Å². The molecule has 0 radical (unpaired) electrons. The molecule has 0 aliphatic heterocycles. The van der Waals surface area contributed by atoms with Crippen molar-refractivity contribution in [3.8, 4) is 0 Å². The van der Waals surface area contributed by atoms with Crippen LogP contribution < -0.4 is 0 Å². The second-order valence-corrected chi connectivity index (χ2v) is 5.24. The first-order valence-corrected chi connectivity index (χ1v) is 6.57. The first-order chi connectivity index (χ1) is 8.89. The summed E-state index contributed by atoms with van der Waals surface area (Å²) < 4.78 is 37.6. The van der Waals surface area contributed by atoms with Crippen LogP contribution in [0.25, 0.3) is 0 Å². The number of carbonyl (C=O) groups is 1. The van der Waals surface area contributed by atoms with Crippen LogP contribution in [0.3, 0.4) is 0 Å². The van der Waals surface area contributed by atoms with Crippen LogP contribution in [-0.4, -0.2) is 12.0 Å². The Labute approximate surface area is 110 Å². The zero-order valence-electron chi connectivity index (χ0n) is 10.9. The third-order valence-corrected chi connectivity index (χ3v) is 4.18. The van der Waals surface area contributed by atoms with Crippen LogP contribution in [0.15, 0.2) is 24.3 Å². The molecule has 1 unspecified atom stereocenters. The van der Waals surface area contributed by atoms with Crippen LogP contribution in [0.2, 0.25) is 0 Å². The number of carbonyl (C=O) groups excluding carboxylic acids is 1. The van der Waals surface area contributed by atoms with Crippen LogP contribution >= 0.6 is 0 Å². The maximum Gasteiger partial charge on any atom is 0.450 e. The van der Waals surface area contributed by atoms with Gasteiger partial charge in [-0.15, -0.1) is 0 Å². The molecular formula is C15H17F3O. The van der Waals surface area contributed by atoms with Crippen molar-refractivity contribution < 1.29 is 18.0 Å². The van der Waals surface area contributed by atoms with Gasteiger partial charge in [0, 0.05) is 11.8 Å². The standard InChI is InChI=1S/C15H17F3O/c1-2-14(10-13(19)15(16,17)18)9-5-7-11-6-3-4-8-12(11)14/h3-4,6,8H,2,5,7,9-10H2,1H3. The van der Waals surface area contributed by atoms with E-state index in [9.17, 15) is 18.0 Å². The average molecular weight is 270 g/mol. The highest BCUT2D eigenvalue weighted by molar-refractivity contribution is 5.85. The van der Waals surface area contributed by atoms with E-state index in [0.29, 0.717) is 12.8 Å². The summed E-state index contributed by atoms with van der Waals surface area (Å²) in [6, 6.07) is 7.57. The number of ketones is 1. The van der Waals surface area contributed by atoms with Crippen molar-refractivity contribution in [3.63, 3.8) is 0 Å². The van der Waals surface area contributed by atoms with E-state index >= 15 is 0 Å². The summed E-state index contributed by atoms with van der Waals surface area (Å²) in [7, 11) is 0. The molecule has 104 valence electrons. The molecule has 0 saturated heterocycles. The zero-order chi connectivity index (χ0) is 14.1. The summed E-state index contributed by atoms with van der Waals surface area (Å²) in [5.41, 5.74) is 1.38. The Bertz CT molecular complexity index is 479. The molecule has 0 amide bonds. The minimum Gasteiger partial charge on any atom is -0.290 e. The molecule has 0 saturated carbocycles. The van der Waals surface area contributed by atoms with E-state index in [1.54, 1.807) is 0 Å². The van der Waals surface area contributed by atoms with Gasteiger partial charge in [-0.25, -0.2) is 0 Å². The quantitative estimate of drug-likeness (QED) is 0.804. The molecule has 0 aromatic heterocycles. The number of hydrogen-bond donors (Lipinski definition) is 0. The molecule has 0 spiro atoms. The molecule has 1 aliphatic rings. The van der Waals surface area contributed by atoms with E-state index in [1.807, 2.05) is 31.2 Å². The fourth-order valence-electron chi connectivity index (χ4n) is 3.09. The number of Topliss-reactive ketones (excluding diaryl/α,β-unsaturated/α-hetero) is 1. The Morgan fingerprint density at radius 1 is 1.32 bits per heavy atom. The largest absolute Gasteiger partial charge is 0.450 e. The lowest BCUT2D eigenvalue weighted by atomic mass is 9.66. The average Bonchev–Trinajstić information content (AvgIpc) is 2.38. The Hall–Kier alpha value is -1.32. The van der Waals surface area contributed by atoms with Gasteiger partial charge < -0.3 is 0 Å². The minimum absolute atomic E-state index is 0.427. The molecule has 0 N–H and O–H groups in total. The zero-order valence-corrected chi connectivity index (χ0v) is 10.9. The van der Waals surface area contributed by atoms with Crippen molar-refractivity contribution in [2.75, 3.05) is 0 Å². The van der Waals surface area contributed by atoms with E-state index < -0.39 is 23.8 Å². The Kier molecular flexibility index (Phi) is 3.70. The lowest BCUT2D eigenvalue weighted by Gasteiger charge is -2.38. The Morgan fingerprint density at radius 3 is 2.63 bits per heavy atom. The van der Waals surface area contributed by atoms with Gasteiger partial charge in [0.05, 0.1) is 0 Å². The third-order valence-electron chi connectivity index (χ3n) is 4.18. The smallest absolute Gasteiger partial charge is 0.290 e. The fourth-order valence-corrected chi connectivity index (χ4v) is 3.09. The maximum atomic E-state index is 12.5. The molecule has 1 nitrogen and oxygen atoms in total. The number of halogens is 3. The summed E-state index contributed by atoms with van der Waals surface area (Å²) in [5.74, 6) is -1.61. The van der Waals surface area contributed by atoms with Crippen molar-refractivity contribution in [2.45, 2.75) is 50.6 Å². The van der Waals surface area contributed by atoms with Crippen LogP contribution in [-0.2, 0) is 16.6 Å². The molecular weight excluding hydrogens is 253 g/mol. The monoisotopic (exact) mass is 270 g/mol. The van der Waals surface area contributed by atoms with Crippen molar-refractivity contribution in [3.05, 3.63) is 35.4 Å². The molecule has 0 heterocycles. The summed E-state index contributed by atoms with van der Waals surface area (Å²) in [6.07, 6.45) is -2.21. The molecule has 1 aliphatic carbocycles. The van der Waals surface area contributed by atoms with Crippen molar-refractivity contribution in [1.29, 1.82) is 0 Å². The lowest BCUT2D eigenvalue weighted by Crippen LogP contribution is -2.37. The summed E-state index contributed by atoms with van der Waals surface area (Å²) in [6.45, 7) is 1.87. The number of aryl methyl sites for hydroxylation is 1. The Balaban J connectivity index is 2.37. The molecule has 1 atom stereocenters. The number of rotatable bonds is 3. The van der Waals surface area contributed by atoms with Gasteiger partial charge in [0.1, 0.15) is 0 Å². The number of alkyl halides is 3. The van der Waals surface area contributed by atoms with Crippen molar-refractivity contribution in [2.24, 2.45) is 0 Å². The molecule has 2 rings (SSSR count). The van der Waals surface area contributed by atoms with E-state index in [4.69, 9.17) is 0 Å². The van der Waals surface area contributed by atoms with E-state index in [0.717, 1.165) is 24.0 Å². The van der Waals surface area contributed by atoms with Crippen LogP contribution in [0.1, 0.15) is 43.7 Å². The molecule has 1 aromatic rings. The van der Waals surface area contributed by atoms with Crippen LogP contribution in [0.4, 0.5) is 13.2 Å². The van der Waals surface area contributed by atoms with Gasteiger partial charge in [-0.3, -0.25) is 4.79 Å². The van der Waals surface area contributed by atoms with Gasteiger partial charge >= 0.3 is 6.18 Å². The second kappa shape index (κ2) is 4.99. The van der Waals surface area contributed by atoms with Gasteiger partial charge in [-0.2, -0.15) is 13.2 Å². The topological polar surface area (TPSA) is 17.1 Å². The SMILES string of the molecule is CCC1(CC(=O)C(F)(F)F)CCCc2ccccc21. The summed E-state index contributed by atoms with van der Waals surface area (Å²) in [4.78, 5) is 11.4. The van der Waals surface area contributed by atoms with Gasteiger partial charge in [-0.1, -0.05) is 31.2 Å². The van der Waals surface area contributed by atoms with Gasteiger partial charge in [0.15, 0.2) is 0 Å². The predicted octanol–water partition coefficient (Wildman–Crippen LogP) is 4.19. The molecule has 1 aromatic carbocycles. The fraction of sp³-hybridized carbons (Fsp3) is 0.533. The third kappa shape index (κ3) is 2.67. The molecule has 19 heavy (non-hydrogen) atoms. The van der Waals surface area contributed by atoms with Crippen LogP contribution in [0, 0.1) is 0 Å². The highest BCUT2D eigenvalue weighted by Crippen LogP contribution is 2.43. The molecule has 4 heteroatoms. The maximum absolute atomic E-state index is 12.5. The molecule has 0 bridgehead atoms. The van der Waals surface area contributed by atoms with Crippen LogP contribution in [0.5, 0.6) is 0 Å². The summed E-state index contributed by atoms with van der Waals surface area (Å²) >= 11 is 0. The molecule has 0 fully saturated rings. The first-order valence-electron chi connectivity index (χ1n) is 6.57. The number of benzene rings is 1. The number of hydrogen-bond acceptors (Lipinski definition) is 1. The minimum atomic E-state index is -4.73. The normalized spacial score (nSPS) is 22.9. The van der Waals surface area contributed by atoms with Crippen molar-refractivity contribution >= 4 is 5.78 Å². The van der Waals surface area contributed by atoms with Gasteiger partial charge in [0.2, 0.25) is 5.78 Å². The number of fused-ring (bicyclic) bond motifs is 1. The van der Waals surface area contributed by atoms with Gasteiger partial charge in [0.25, 0.3) is 0 Å². The van der Waals surface area contributed by atoms with E-state index in [1.165, 1.54) is 0 Å². The highest BCUT2D eigenvalue weighted by Gasteiger charge is 2.45. The predicted molar refractivity (Wildman–Crippen MR) is 67.0 cm³/mol. The van der Waals surface area contributed by atoms with Crippen molar-refractivity contribution in [1.82, 2.24) is 0 Å². The van der Waals surface area contributed by atoms with E-state index in [2.05, 4.69) is 0 Å². The summed E-state index contributed by atoms with van der Waals surface area (Å²) in [5, 5.41) is 0. The lowest BCUT2D eigenvalue weighted by molar-refractivity contribution is -0.172. The Morgan fingerprint density at radius 2 is 2.00 bits per heavy atom. The highest BCUT2D eigenvalue weighted by atomic mass is 19.4.